The third kappa shape index (κ3) is 2.55. The first-order valence-corrected chi connectivity index (χ1v) is 4.94. The molecule has 1 aliphatic rings. The van der Waals surface area contributed by atoms with E-state index in [1.807, 2.05) is 13.8 Å². The SMILES string of the molecule is C/C=N/OC(=O)C1(C)CC(C(C)C)=NO1. The lowest BCUT2D eigenvalue weighted by Crippen LogP contribution is -2.36. The van der Waals surface area contributed by atoms with Crippen molar-refractivity contribution in [2.45, 2.75) is 39.7 Å². The van der Waals surface area contributed by atoms with Gasteiger partial charge in [0.25, 0.3) is 0 Å². The highest BCUT2D eigenvalue weighted by molar-refractivity contribution is 5.94. The highest BCUT2D eigenvalue weighted by Gasteiger charge is 2.44. The second-order valence-corrected chi connectivity index (χ2v) is 3.98. The summed E-state index contributed by atoms with van der Waals surface area (Å²) in [7, 11) is 0. The molecule has 5 heteroatoms. The lowest BCUT2D eigenvalue weighted by Gasteiger charge is -2.16. The number of rotatable bonds is 3. The molecule has 15 heavy (non-hydrogen) atoms. The van der Waals surface area contributed by atoms with Crippen molar-refractivity contribution in [2.75, 3.05) is 0 Å². The molecule has 0 saturated carbocycles. The van der Waals surface area contributed by atoms with Gasteiger partial charge in [0.2, 0.25) is 5.60 Å². The summed E-state index contributed by atoms with van der Waals surface area (Å²) in [4.78, 5) is 21.3. The summed E-state index contributed by atoms with van der Waals surface area (Å²) in [5.41, 5.74) is -0.151. The van der Waals surface area contributed by atoms with Gasteiger partial charge in [0.15, 0.2) is 0 Å². The number of carbonyl (C=O) groups excluding carboxylic acids is 1. The number of nitrogens with zero attached hydrogens (tertiary/aromatic N) is 2. The molecule has 0 saturated heterocycles. The second-order valence-electron chi connectivity index (χ2n) is 3.98. The molecule has 0 N–H and O–H groups in total. The fourth-order valence-corrected chi connectivity index (χ4v) is 1.19. The van der Waals surface area contributed by atoms with E-state index in [1.54, 1.807) is 13.8 Å². The summed E-state index contributed by atoms with van der Waals surface area (Å²) >= 11 is 0. The van der Waals surface area contributed by atoms with Gasteiger partial charge in [-0.05, 0) is 19.8 Å². The van der Waals surface area contributed by atoms with Gasteiger partial charge in [-0.25, -0.2) is 4.79 Å². The zero-order valence-electron chi connectivity index (χ0n) is 9.48. The smallest absolute Gasteiger partial charge is 0.377 e. The molecule has 0 aromatic heterocycles. The maximum Gasteiger partial charge on any atom is 0.381 e. The van der Waals surface area contributed by atoms with E-state index in [4.69, 9.17) is 4.84 Å². The molecule has 5 nitrogen and oxygen atoms in total. The number of oxime groups is 2. The van der Waals surface area contributed by atoms with Crippen LogP contribution in [0.3, 0.4) is 0 Å². The van der Waals surface area contributed by atoms with Crippen LogP contribution in [0.2, 0.25) is 0 Å². The molecule has 0 aromatic rings. The molecule has 0 aromatic carbocycles. The van der Waals surface area contributed by atoms with E-state index in [0.29, 0.717) is 6.42 Å². The van der Waals surface area contributed by atoms with Crippen LogP contribution in [0.25, 0.3) is 0 Å². The van der Waals surface area contributed by atoms with Crippen LogP contribution < -0.4 is 0 Å². The van der Waals surface area contributed by atoms with Crippen LogP contribution in [0.1, 0.15) is 34.1 Å². The first-order chi connectivity index (χ1) is 6.99. The molecular weight excluding hydrogens is 196 g/mol. The lowest BCUT2D eigenvalue weighted by molar-refractivity contribution is -0.167. The van der Waals surface area contributed by atoms with E-state index in [0.717, 1.165) is 5.71 Å². The molecule has 0 amide bonds. The van der Waals surface area contributed by atoms with Crippen molar-refractivity contribution >= 4 is 17.9 Å². The van der Waals surface area contributed by atoms with E-state index in [9.17, 15) is 4.79 Å². The summed E-state index contributed by atoms with van der Waals surface area (Å²) in [5.74, 6) is -0.241. The lowest BCUT2D eigenvalue weighted by atomic mass is 9.94. The zero-order chi connectivity index (χ0) is 11.5. The first kappa shape index (κ1) is 11.7. The fourth-order valence-electron chi connectivity index (χ4n) is 1.19. The largest absolute Gasteiger partial charge is 0.381 e. The molecule has 1 heterocycles. The fraction of sp³-hybridized carbons (Fsp3) is 0.700. The summed E-state index contributed by atoms with van der Waals surface area (Å²) in [6, 6.07) is 0. The van der Waals surface area contributed by atoms with Gasteiger partial charge in [-0.2, -0.15) is 0 Å². The van der Waals surface area contributed by atoms with Crippen molar-refractivity contribution in [2.24, 2.45) is 16.2 Å². The van der Waals surface area contributed by atoms with Crippen LogP contribution in [0.15, 0.2) is 10.3 Å². The molecule has 1 unspecified atom stereocenters. The molecule has 1 atom stereocenters. The maximum atomic E-state index is 11.6. The minimum absolute atomic E-state index is 0.273. The van der Waals surface area contributed by atoms with Crippen LogP contribution in [0.4, 0.5) is 0 Å². The molecule has 0 aliphatic carbocycles. The molecular formula is C10H16N2O3. The molecule has 0 fully saturated rings. The van der Waals surface area contributed by atoms with Crippen molar-refractivity contribution in [1.82, 2.24) is 0 Å². The Balaban J connectivity index is 2.61. The van der Waals surface area contributed by atoms with Crippen molar-refractivity contribution in [1.29, 1.82) is 0 Å². The normalized spacial score (nSPS) is 25.5. The first-order valence-electron chi connectivity index (χ1n) is 4.94. The van der Waals surface area contributed by atoms with Gasteiger partial charge in [-0.3, -0.25) is 0 Å². The van der Waals surface area contributed by atoms with Crippen molar-refractivity contribution < 1.29 is 14.5 Å². The second kappa shape index (κ2) is 4.42. The number of hydrogen-bond acceptors (Lipinski definition) is 5. The Labute approximate surface area is 89.1 Å². The topological polar surface area (TPSA) is 60.2 Å². The molecule has 1 aliphatic heterocycles. The Morgan fingerprint density at radius 1 is 1.73 bits per heavy atom. The Kier molecular flexibility index (Phi) is 3.44. The van der Waals surface area contributed by atoms with Gasteiger partial charge in [-0.15, -0.1) is 0 Å². The summed E-state index contributed by atoms with van der Waals surface area (Å²) in [6.45, 7) is 7.33. The Morgan fingerprint density at radius 2 is 2.40 bits per heavy atom. The monoisotopic (exact) mass is 212 g/mol. The minimum Gasteiger partial charge on any atom is -0.377 e. The minimum atomic E-state index is -1.02. The van der Waals surface area contributed by atoms with Gasteiger partial charge >= 0.3 is 5.97 Å². The number of hydrogen-bond donors (Lipinski definition) is 0. The average Bonchev–Trinajstić information content (AvgIpc) is 2.59. The van der Waals surface area contributed by atoms with Crippen LogP contribution >= 0.6 is 0 Å². The average molecular weight is 212 g/mol. The molecule has 0 radical (unpaired) electrons. The van der Waals surface area contributed by atoms with Crippen LogP contribution in [-0.4, -0.2) is 23.5 Å². The predicted octanol–water partition coefficient (Wildman–Crippen LogP) is 1.73. The van der Waals surface area contributed by atoms with Crippen molar-refractivity contribution in [3.8, 4) is 0 Å². The van der Waals surface area contributed by atoms with Crippen LogP contribution in [-0.2, 0) is 14.5 Å². The summed E-state index contributed by atoms with van der Waals surface area (Å²) in [5, 5.41) is 7.31. The van der Waals surface area contributed by atoms with Gasteiger partial charge in [0, 0.05) is 12.6 Å². The molecule has 0 bridgehead atoms. The third-order valence-electron chi connectivity index (χ3n) is 2.22. The van der Waals surface area contributed by atoms with E-state index < -0.39 is 11.6 Å². The number of carbonyl (C=O) groups is 1. The predicted molar refractivity (Wildman–Crippen MR) is 56.6 cm³/mol. The van der Waals surface area contributed by atoms with Gasteiger partial charge in [-0.1, -0.05) is 24.2 Å². The zero-order valence-corrected chi connectivity index (χ0v) is 9.48. The van der Waals surface area contributed by atoms with Crippen LogP contribution in [0, 0.1) is 5.92 Å². The summed E-state index contributed by atoms with van der Waals surface area (Å²) < 4.78 is 0. The standard InChI is InChI=1S/C10H16N2O3/c1-5-11-14-9(13)10(4)6-8(7(2)3)12-15-10/h5,7H,6H2,1-4H3/b11-5+. The van der Waals surface area contributed by atoms with E-state index in [-0.39, 0.29) is 5.92 Å². The van der Waals surface area contributed by atoms with E-state index in [1.165, 1.54) is 6.21 Å². The highest BCUT2D eigenvalue weighted by Crippen LogP contribution is 2.27. The van der Waals surface area contributed by atoms with Gasteiger partial charge in [0.1, 0.15) is 0 Å². The maximum absolute atomic E-state index is 11.6. The highest BCUT2D eigenvalue weighted by atomic mass is 16.7. The molecule has 1 rings (SSSR count). The Bertz CT molecular complexity index is 310. The molecule has 84 valence electrons. The third-order valence-corrected chi connectivity index (χ3v) is 2.22. The quantitative estimate of drug-likeness (QED) is 0.406. The van der Waals surface area contributed by atoms with Crippen LogP contribution in [0.5, 0.6) is 0 Å². The van der Waals surface area contributed by atoms with Crippen molar-refractivity contribution in [3.05, 3.63) is 0 Å². The van der Waals surface area contributed by atoms with Gasteiger partial charge < -0.3 is 9.68 Å². The van der Waals surface area contributed by atoms with Crippen molar-refractivity contribution in [3.63, 3.8) is 0 Å². The Hall–Kier alpha value is -1.39. The van der Waals surface area contributed by atoms with E-state index >= 15 is 0 Å². The summed E-state index contributed by atoms with van der Waals surface area (Å²) in [6.07, 6.45) is 1.86. The van der Waals surface area contributed by atoms with E-state index in [2.05, 4.69) is 15.1 Å². The Morgan fingerprint density at radius 3 is 2.87 bits per heavy atom. The van der Waals surface area contributed by atoms with Gasteiger partial charge in [0.05, 0.1) is 5.71 Å². The molecule has 0 spiro atoms.